The lowest BCUT2D eigenvalue weighted by atomic mass is 9.84. The van der Waals surface area contributed by atoms with Crippen LogP contribution in [0.3, 0.4) is 0 Å². The number of carbonyl (C=O) groups excluding carboxylic acids is 2. The molecule has 2 amide bonds. The van der Waals surface area contributed by atoms with E-state index in [1.807, 2.05) is 17.0 Å². The van der Waals surface area contributed by atoms with E-state index in [-0.39, 0.29) is 30.3 Å². The second kappa shape index (κ2) is 8.97. The van der Waals surface area contributed by atoms with Crippen molar-refractivity contribution in [3.8, 4) is 5.75 Å². The summed E-state index contributed by atoms with van der Waals surface area (Å²) in [6.07, 6.45) is 9.08. The number of piperidine rings is 1. The summed E-state index contributed by atoms with van der Waals surface area (Å²) in [6.45, 7) is 2.23. The van der Waals surface area contributed by atoms with Crippen molar-refractivity contribution >= 4 is 11.8 Å². The van der Waals surface area contributed by atoms with Gasteiger partial charge in [-0.25, -0.2) is 0 Å². The number of carbonyl (C=O) groups is 2. The lowest BCUT2D eigenvalue weighted by Gasteiger charge is -2.38. The summed E-state index contributed by atoms with van der Waals surface area (Å²) in [5, 5.41) is 0. The van der Waals surface area contributed by atoms with Gasteiger partial charge in [0.05, 0.1) is 13.2 Å². The van der Waals surface area contributed by atoms with Gasteiger partial charge in [-0.1, -0.05) is 18.6 Å². The zero-order valence-corrected chi connectivity index (χ0v) is 16.8. The fourth-order valence-electron chi connectivity index (χ4n) is 4.63. The van der Waals surface area contributed by atoms with E-state index in [9.17, 15) is 9.59 Å². The van der Waals surface area contributed by atoms with Crippen LogP contribution in [0.25, 0.3) is 0 Å². The predicted octanol–water partition coefficient (Wildman–Crippen LogP) is 3.41. The van der Waals surface area contributed by atoms with Crippen molar-refractivity contribution in [1.29, 1.82) is 0 Å². The van der Waals surface area contributed by atoms with E-state index in [4.69, 9.17) is 4.74 Å². The quantitative estimate of drug-likeness (QED) is 0.746. The molecule has 4 rings (SSSR count). The summed E-state index contributed by atoms with van der Waals surface area (Å²) >= 11 is 0. The smallest absolute Gasteiger partial charge is 0.242 e. The zero-order chi connectivity index (χ0) is 19.3. The van der Waals surface area contributed by atoms with Gasteiger partial charge in [-0.3, -0.25) is 9.59 Å². The second-order valence-corrected chi connectivity index (χ2v) is 8.51. The Bertz CT molecular complexity index is 701. The molecule has 0 aromatic heterocycles. The first kappa shape index (κ1) is 19.3. The van der Waals surface area contributed by atoms with E-state index in [1.165, 1.54) is 12.0 Å². The first-order valence-corrected chi connectivity index (χ1v) is 11.0. The standard InChI is InChI=1S/C23H32N2O3/c26-22-17-24(23(27)19-7-4-8-19)13-5-15-28-21-10-3-6-18(16-21)11-12-20-9-1-2-14-25(20)22/h3,6,10,16,19-20H,1-2,4-5,7-9,11-15,17H2. The van der Waals surface area contributed by atoms with Gasteiger partial charge in [-0.15, -0.1) is 0 Å². The van der Waals surface area contributed by atoms with Gasteiger partial charge in [-0.05, 0) is 69.1 Å². The molecule has 0 N–H and O–H groups in total. The largest absolute Gasteiger partial charge is 0.494 e. The first-order valence-electron chi connectivity index (χ1n) is 11.0. The van der Waals surface area contributed by atoms with E-state index in [1.54, 1.807) is 0 Å². The van der Waals surface area contributed by atoms with E-state index < -0.39 is 0 Å². The average Bonchev–Trinajstić information content (AvgIpc) is 2.67. The van der Waals surface area contributed by atoms with Crippen LogP contribution in [0.1, 0.15) is 56.9 Å². The minimum atomic E-state index is 0.126. The van der Waals surface area contributed by atoms with Crippen LogP contribution in [0.15, 0.2) is 24.3 Å². The summed E-state index contributed by atoms with van der Waals surface area (Å²) < 4.78 is 5.92. The van der Waals surface area contributed by atoms with Crippen LogP contribution >= 0.6 is 0 Å². The van der Waals surface area contributed by atoms with Crippen molar-refractivity contribution in [2.24, 2.45) is 5.92 Å². The Hall–Kier alpha value is -2.04. The Morgan fingerprint density at radius 2 is 1.89 bits per heavy atom. The van der Waals surface area contributed by atoms with E-state index in [0.29, 0.717) is 13.2 Å². The number of hydrogen-bond acceptors (Lipinski definition) is 3. The van der Waals surface area contributed by atoms with Gasteiger partial charge >= 0.3 is 0 Å². The Morgan fingerprint density at radius 1 is 1.00 bits per heavy atom. The fourth-order valence-corrected chi connectivity index (χ4v) is 4.63. The van der Waals surface area contributed by atoms with Crippen molar-refractivity contribution in [3.63, 3.8) is 0 Å². The summed E-state index contributed by atoms with van der Waals surface area (Å²) in [6, 6.07) is 8.61. The number of benzene rings is 1. The molecule has 2 bridgehead atoms. The van der Waals surface area contributed by atoms with Gasteiger partial charge in [-0.2, -0.15) is 0 Å². The molecule has 3 aliphatic rings. The topological polar surface area (TPSA) is 49.9 Å². The number of hydrogen-bond donors (Lipinski definition) is 0. The molecule has 152 valence electrons. The zero-order valence-electron chi connectivity index (χ0n) is 16.8. The van der Waals surface area contributed by atoms with Crippen LogP contribution in [-0.2, 0) is 16.0 Å². The van der Waals surface area contributed by atoms with Gasteiger partial charge in [0.25, 0.3) is 0 Å². The van der Waals surface area contributed by atoms with Gasteiger partial charge in [0.1, 0.15) is 5.75 Å². The molecule has 2 aliphatic heterocycles. The highest BCUT2D eigenvalue weighted by Crippen LogP contribution is 2.29. The second-order valence-electron chi connectivity index (χ2n) is 8.51. The van der Waals surface area contributed by atoms with Gasteiger partial charge in [0.2, 0.25) is 11.8 Å². The van der Waals surface area contributed by atoms with Crippen molar-refractivity contribution in [1.82, 2.24) is 9.80 Å². The lowest BCUT2D eigenvalue weighted by molar-refractivity contribution is -0.146. The molecule has 1 atom stereocenters. The van der Waals surface area contributed by atoms with Crippen molar-refractivity contribution in [2.45, 2.75) is 63.8 Å². The summed E-state index contributed by atoms with van der Waals surface area (Å²) in [7, 11) is 0. The molecule has 0 spiro atoms. The fraction of sp³-hybridized carbons (Fsp3) is 0.652. The van der Waals surface area contributed by atoms with Gasteiger partial charge in [0.15, 0.2) is 0 Å². The molecule has 2 fully saturated rings. The molecule has 1 unspecified atom stereocenters. The maximum Gasteiger partial charge on any atom is 0.242 e. The molecule has 1 aliphatic carbocycles. The summed E-state index contributed by atoms with van der Waals surface area (Å²) in [5.74, 6) is 1.33. The third-order valence-corrected chi connectivity index (χ3v) is 6.55. The first-order chi connectivity index (χ1) is 13.7. The van der Waals surface area contributed by atoms with E-state index >= 15 is 0 Å². The predicted molar refractivity (Wildman–Crippen MR) is 108 cm³/mol. The maximum atomic E-state index is 13.1. The molecule has 5 heteroatoms. The minimum Gasteiger partial charge on any atom is -0.494 e. The van der Waals surface area contributed by atoms with E-state index in [2.05, 4.69) is 17.0 Å². The number of rotatable bonds is 1. The Kier molecular flexibility index (Phi) is 6.18. The molecule has 5 nitrogen and oxygen atoms in total. The van der Waals surface area contributed by atoms with Crippen LogP contribution in [0.2, 0.25) is 0 Å². The van der Waals surface area contributed by atoms with Gasteiger partial charge in [0, 0.05) is 25.0 Å². The minimum absolute atomic E-state index is 0.126. The van der Waals surface area contributed by atoms with Crippen molar-refractivity contribution in [2.75, 3.05) is 26.2 Å². The molecule has 0 radical (unpaired) electrons. The highest BCUT2D eigenvalue weighted by Gasteiger charge is 2.33. The maximum absolute atomic E-state index is 13.1. The molecule has 28 heavy (non-hydrogen) atoms. The lowest BCUT2D eigenvalue weighted by Crippen LogP contribution is -2.50. The summed E-state index contributed by atoms with van der Waals surface area (Å²) in [4.78, 5) is 29.9. The highest BCUT2D eigenvalue weighted by molar-refractivity contribution is 5.86. The van der Waals surface area contributed by atoms with Crippen molar-refractivity contribution < 1.29 is 14.3 Å². The molecule has 1 saturated heterocycles. The normalized spacial score (nSPS) is 24.6. The summed E-state index contributed by atoms with van der Waals surface area (Å²) in [5.41, 5.74) is 1.27. The monoisotopic (exact) mass is 384 g/mol. The average molecular weight is 385 g/mol. The van der Waals surface area contributed by atoms with Crippen LogP contribution in [-0.4, -0.2) is 53.9 Å². The molecular weight excluding hydrogens is 352 g/mol. The third kappa shape index (κ3) is 4.50. The highest BCUT2D eigenvalue weighted by atomic mass is 16.5. The van der Waals surface area contributed by atoms with E-state index in [0.717, 1.165) is 63.7 Å². The number of nitrogens with zero attached hydrogens (tertiary/aromatic N) is 2. The molecule has 1 aromatic carbocycles. The SMILES string of the molecule is O=C(C1CCC1)N1CCCOc2cccc(c2)CCC2CCCCN2C(=O)C1. The molecule has 1 saturated carbocycles. The van der Waals surface area contributed by atoms with Crippen LogP contribution < -0.4 is 4.74 Å². The molecular formula is C23H32N2O3. The Labute approximate surface area is 168 Å². The van der Waals surface area contributed by atoms with Crippen LogP contribution in [0.5, 0.6) is 5.75 Å². The van der Waals surface area contributed by atoms with Crippen LogP contribution in [0.4, 0.5) is 0 Å². The molecule has 2 heterocycles. The van der Waals surface area contributed by atoms with Gasteiger partial charge < -0.3 is 14.5 Å². The molecule has 1 aromatic rings. The van der Waals surface area contributed by atoms with Crippen molar-refractivity contribution in [3.05, 3.63) is 29.8 Å². The number of fused-ring (bicyclic) bond motifs is 3. The third-order valence-electron chi connectivity index (χ3n) is 6.55. The van der Waals surface area contributed by atoms with Crippen LogP contribution in [0, 0.1) is 5.92 Å². The number of amides is 2. The Morgan fingerprint density at radius 3 is 2.71 bits per heavy atom. The Balaban J connectivity index is 1.53. The number of aryl methyl sites for hydroxylation is 1. The number of ether oxygens (including phenoxy) is 1.